The highest BCUT2D eigenvalue weighted by Gasteiger charge is 2.16. The molecule has 1 saturated heterocycles. The second-order valence-corrected chi connectivity index (χ2v) is 8.21. The largest absolute Gasteiger partial charge is 0.379 e. The van der Waals surface area contributed by atoms with Gasteiger partial charge in [-0.3, -0.25) is 9.69 Å². The van der Waals surface area contributed by atoms with Gasteiger partial charge >= 0.3 is 6.03 Å². The van der Waals surface area contributed by atoms with Gasteiger partial charge in [-0.25, -0.2) is 4.79 Å². The zero-order valence-corrected chi connectivity index (χ0v) is 19.3. The lowest BCUT2D eigenvalue weighted by molar-refractivity contribution is 0.0383. The number of ether oxygens (including phenoxy) is 1. The Hall–Kier alpha value is -3.10. The van der Waals surface area contributed by atoms with E-state index in [1.54, 1.807) is 12.1 Å². The lowest BCUT2D eigenvalue weighted by atomic mass is 10.1. The Balaban J connectivity index is 1.64. The van der Waals surface area contributed by atoms with Crippen LogP contribution in [0.1, 0.15) is 21.5 Å². The van der Waals surface area contributed by atoms with Gasteiger partial charge in [-0.2, -0.15) is 0 Å². The highest BCUT2D eigenvalue weighted by molar-refractivity contribution is 6.04. The molecule has 8 nitrogen and oxygen atoms in total. The average Bonchev–Trinajstić information content (AvgIpc) is 2.76. The number of nitrogens with one attached hydrogen (secondary N) is 3. The van der Waals surface area contributed by atoms with Crippen molar-refractivity contribution in [2.24, 2.45) is 0 Å². The number of carbonyl (C=O) groups excluding carboxylic acids is 2. The normalized spacial score (nSPS) is 14.0. The molecule has 1 heterocycles. The van der Waals surface area contributed by atoms with Gasteiger partial charge in [-0.1, -0.05) is 6.07 Å². The lowest BCUT2D eigenvalue weighted by Gasteiger charge is -2.26. The molecule has 0 aromatic heterocycles. The summed E-state index contributed by atoms with van der Waals surface area (Å²) in [5, 5.41) is 8.66. The average molecular weight is 440 g/mol. The molecule has 3 amide bonds. The molecule has 0 unspecified atom stereocenters. The van der Waals surface area contributed by atoms with Gasteiger partial charge in [0.1, 0.15) is 0 Å². The van der Waals surface area contributed by atoms with Crippen LogP contribution in [0.3, 0.4) is 0 Å². The number of urea groups is 1. The highest BCUT2D eigenvalue weighted by Crippen LogP contribution is 2.23. The van der Waals surface area contributed by atoms with Crippen molar-refractivity contribution in [3.8, 4) is 0 Å². The van der Waals surface area contributed by atoms with Gasteiger partial charge < -0.3 is 25.6 Å². The molecule has 0 atom stereocenters. The van der Waals surface area contributed by atoms with E-state index in [4.69, 9.17) is 4.74 Å². The lowest BCUT2D eigenvalue weighted by Crippen LogP contribution is -2.41. The summed E-state index contributed by atoms with van der Waals surface area (Å²) in [5.74, 6) is -0.167. The van der Waals surface area contributed by atoms with E-state index in [2.05, 4.69) is 20.9 Å². The zero-order valence-electron chi connectivity index (χ0n) is 19.3. The van der Waals surface area contributed by atoms with Crippen LogP contribution in [-0.2, 0) is 4.74 Å². The van der Waals surface area contributed by atoms with Gasteiger partial charge in [0.15, 0.2) is 0 Å². The van der Waals surface area contributed by atoms with Gasteiger partial charge in [0.05, 0.1) is 18.8 Å². The number of benzene rings is 2. The Labute approximate surface area is 189 Å². The van der Waals surface area contributed by atoms with Crippen molar-refractivity contribution in [3.63, 3.8) is 0 Å². The Morgan fingerprint density at radius 1 is 0.969 bits per heavy atom. The van der Waals surface area contributed by atoms with Crippen molar-refractivity contribution in [1.29, 1.82) is 0 Å². The Bertz CT molecular complexity index is 955. The smallest absolute Gasteiger partial charge is 0.323 e. The van der Waals surface area contributed by atoms with E-state index in [1.165, 1.54) is 5.56 Å². The van der Waals surface area contributed by atoms with Crippen molar-refractivity contribution in [1.82, 2.24) is 10.2 Å². The number of rotatable bonds is 7. The first-order valence-electron chi connectivity index (χ1n) is 10.9. The Morgan fingerprint density at radius 3 is 2.28 bits per heavy atom. The van der Waals surface area contributed by atoms with Gasteiger partial charge in [-0.05, 0) is 55.3 Å². The first-order valence-corrected chi connectivity index (χ1v) is 10.9. The number of amides is 3. The molecular weight excluding hydrogens is 406 g/mol. The molecule has 172 valence electrons. The third kappa shape index (κ3) is 6.45. The summed E-state index contributed by atoms with van der Waals surface area (Å²) >= 11 is 0. The standard InChI is InChI=1S/C24H33N5O3/c1-17-5-6-19(15-18(17)2)26-24(31)27-20-7-8-22(28(3)4)21(16-20)23(30)25-9-10-29-11-13-32-14-12-29/h5-8,15-16H,9-14H2,1-4H3,(H,25,30)(H2,26,27,31). The van der Waals surface area contributed by atoms with E-state index in [0.29, 0.717) is 17.8 Å². The van der Waals surface area contributed by atoms with E-state index in [1.807, 2.05) is 57.1 Å². The van der Waals surface area contributed by atoms with E-state index in [0.717, 1.165) is 49.8 Å². The first kappa shape index (κ1) is 23.6. The summed E-state index contributed by atoms with van der Waals surface area (Å²) in [6.45, 7) is 8.59. The molecule has 0 saturated carbocycles. The summed E-state index contributed by atoms with van der Waals surface area (Å²) in [4.78, 5) is 29.5. The zero-order chi connectivity index (χ0) is 23.1. The van der Waals surface area contributed by atoms with Gasteiger partial charge in [-0.15, -0.1) is 0 Å². The van der Waals surface area contributed by atoms with Crippen LogP contribution < -0.4 is 20.9 Å². The molecule has 1 fully saturated rings. The number of hydrogen-bond acceptors (Lipinski definition) is 5. The maximum atomic E-state index is 12.9. The van der Waals surface area contributed by atoms with Crippen LogP contribution in [-0.4, -0.2) is 70.3 Å². The Kier molecular flexibility index (Phi) is 8.08. The molecule has 3 rings (SSSR count). The van der Waals surface area contributed by atoms with Crippen LogP contribution in [0.25, 0.3) is 0 Å². The van der Waals surface area contributed by atoms with Gasteiger partial charge in [0.25, 0.3) is 5.91 Å². The van der Waals surface area contributed by atoms with E-state index >= 15 is 0 Å². The van der Waals surface area contributed by atoms with Crippen LogP contribution >= 0.6 is 0 Å². The van der Waals surface area contributed by atoms with Gasteiger partial charge in [0, 0.05) is 57.3 Å². The number of hydrogen-bond donors (Lipinski definition) is 3. The number of aryl methyl sites for hydroxylation is 2. The molecule has 1 aliphatic heterocycles. The fourth-order valence-corrected chi connectivity index (χ4v) is 3.55. The van der Waals surface area contributed by atoms with Crippen molar-refractivity contribution in [2.45, 2.75) is 13.8 Å². The molecule has 8 heteroatoms. The van der Waals surface area contributed by atoms with Crippen LogP contribution in [0, 0.1) is 13.8 Å². The predicted octanol–water partition coefficient (Wildman–Crippen LogP) is 3.08. The van der Waals surface area contributed by atoms with Crippen molar-refractivity contribution < 1.29 is 14.3 Å². The molecule has 0 radical (unpaired) electrons. The maximum Gasteiger partial charge on any atom is 0.323 e. The minimum Gasteiger partial charge on any atom is -0.379 e. The molecule has 0 spiro atoms. The molecule has 2 aromatic rings. The maximum absolute atomic E-state index is 12.9. The number of morpholine rings is 1. The molecule has 3 N–H and O–H groups in total. The number of carbonyl (C=O) groups is 2. The quantitative estimate of drug-likeness (QED) is 0.617. The summed E-state index contributed by atoms with van der Waals surface area (Å²) in [5.41, 5.74) is 4.84. The summed E-state index contributed by atoms with van der Waals surface area (Å²) in [6.07, 6.45) is 0. The fourth-order valence-electron chi connectivity index (χ4n) is 3.55. The molecular formula is C24H33N5O3. The van der Waals surface area contributed by atoms with E-state index in [-0.39, 0.29) is 11.9 Å². The molecule has 1 aliphatic rings. The fraction of sp³-hybridized carbons (Fsp3) is 0.417. The molecule has 32 heavy (non-hydrogen) atoms. The second kappa shape index (κ2) is 11.0. The van der Waals surface area contributed by atoms with Crippen LogP contribution in [0.5, 0.6) is 0 Å². The first-order chi connectivity index (χ1) is 15.3. The third-order valence-electron chi connectivity index (χ3n) is 5.56. The molecule has 0 aliphatic carbocycles. The summed E-state index contributed by atoms with van der Waals surface area (Å²) in [7, 11) is 3.78. The minimum atomic E-state index is -0.357. The summed E-state index contributed by atoms with van der Waals surface area (Å²) in [6, 6.07) is 10.7. The van der Waals surface area contributed by atoms with Crippen LogP contribution in [0.15, 0.2) is 36.4 Å². The Morgan fingerprint density at radius 2 is 1.62 bits per heavy atom. The van der Waals surface area contributed by atoms with E-state index in [9.17, 15) is 9.59 Å². The summed E-state index contributed by atoms with van der Waals surface area (Å²) < 4.78 is 5.36. The molecule has 0 bridgehead atoms. The number of nitrogens with zero attached hydrogens (tertiary/aromatic N) is 2. The topological polar surface area (TPSA) is 85.9 Å². The van der Waals surface area contributed by atoms with Crippen LogP contribution in [0.2, 0.25) is 0 Å². The van der Waals surface area contributed by atoms with Crippen molar-refractivity contribution in [3.05, 3.63) is 53.1 Å². The van der Waals surface area contributed by atoms with E-state index < -0.39 is 0 Å². The highest BCUT2D eigenvalue weighted by atomic mass is 16.5. The number of anilines is 3. The van der Waals surface area contributed by atoms with Crippen molar-refractivity contribution >= 4 is 29.0 Å². The molecule has 2 aromatic carbocycles. The third-order valence-corrected chi connectivity index (χ3v) is 5.56. The second-order valence-electron chi connectivity index (χ2n) is 8.21. The van der Waals surface area contributed by atoms with Crippen molar-refractivity contribution in [2.75, 3.05) is 69.0 Å². The minimum absolute atomic E-state index is 0.167. The van der Waals surface area contributed by atoms with Crippen LogP contribution in [0.4, 0.5) is 21.9 Å². The monoisotopic (exact) mass is 439 g/mol. The predicted molar refractivity (Wildman–Crippen MR) is 129 cm³/mol. The SMILES string of the molecule is Cc1ccc(NC(=O)Nc2ccc(N(C)C)c(C(=O)NCCN3CCOCC3)c2)cc1C. The van der Waals surface area contributed by atoms with Gasteiger partial charge in [0.2, 0.25) is 0 Å².